The quantitative estimate of drug-likeness (QED) is 0.464. The van der Waals surface area contributed by atoms with Crippen LogP contribution in [0.2, 0.25) is 12.5 Å². The van der Waals surface area contributed by atoms with Crippen molar-refractivity contribution in [1.29, 1.82) is 0 Å². The molecule has 0 N–H and O–H groups in total. The molecule has 1 rings (SSSR count). The van der Waals surface area contributed by atoms with Gasteiger partial charge in [0.2, 0.25) is 7.41 Å². The van der Waals surface area contributed by atoms with Crippen molar-refractivity contribution in [2.75, 3.05) is 0 Å². The molecule has 2 atom stereocenters. The monoisotopic (exact) mass is 164 g/mol. The van der Waals surface area contributed by atoms with Gasteiger partial charge in [-0.25, -0.2) is 0 Å². The van der Waals surface area contributed by atoms with Gasteiger partial charge in [0.1, 0.15) is 7.28 Å². The zero-order valence-corrected chi connectivity index (χ0v) is 8.25. The largest absolute Gasteiger partial charge is 0.391 e. The van der Waals surface area contributed by atoms with E-state index in [1.54, 1.807) is 0 Å². The lowest BCUT2D eigenvalue weighted by Crippen LogP contribution is -2.33. The summed E-state index contributed by atoms with van der Waals surface area (Å²) in [6.07, 6.45) is 0. The van der Waals surface area contributed by atoms with Gasteiger partial charge in [-0.1, -0.05) is 26.4 Å². The summed E-state index contributed by atoms with van der Waals surface area (Å²) in [5.41, 5.74) is 0.515. The molecule has 5 heteroatoms. The molecule has 0 aromatic carbocycles. The van der Waals surface area contributed by atoms with Gasteiger partial charge in [-0.2, -0.15) is 12.6 Å². The summed E-state index contributed by atoms with van der Waals surface area (Å²) in [7, 11) is 6.61. The van der Waals surface area contributed by atoms with Gasteiger partial charge < -0.3 is 4.72 Å². The number of nitrogens with zero attached hydrogens (tertiary/aromatic N) is 1. The third-order valence-electron chi connectivity index (χ3n) is 2.04. The van der Waals surface area contributed by atoms with Gasteiger partial charge in [-0.15, -0.1) is 0 Å². The molecule has 0 bridgehead atoms. The van der Waals surface area contributed by atoms with Crippen LogP contribution in [0.15, 0.2) is 0 Å². The van der Waals surface area contributed by atoms with E-state index in [1.165, 1.54) is 0 Å². The highest BCUT2D eigenvalue weighted by atomic mass is 32.1. The Balaban J connectivity index is 2.43. The predicted molar refractivity (Wildman–Crippen MR) is 56.6 cm³/mol. The van der Waals surface area contributed by atoms with E-state index in [0.717, 1.165) is 0 Å². The highest BCUT2D eigenvalue weighted by molar-refractivity contribution is 7.82. The fourth-order valence-corrected chi connectivity index (χ4v) is 1.64. The van der Waals surface area contributed by atoms with Gasteiger partial charge >= 0.3 is 0 Å². The zero-order chi connectivity index (χ0) is 8.43. The third kappa shape index (κ3) is 2.22. The Bertz CT molecular complexity index is 133. The Labute approximate surface area is 77.5 Å². The molecule has 1 fully saturated rings. The third-order valence-corrected chi connectivity index (χ3v) is 2.52. The van der Waals surface area contributed by atoms with Gasteiger partial charge in [0.05, 0.1) is 0 Å². The second kappa shape index (κ2) is 3.95. The first-order valence-electron chi connectivity index (χ1n) is 4.10. The maximum absolute atomic E-state index is 4.46. The Kier molecular flexibility index (Phi) is 3.44. The maximum atomic E-state index is 4.46. The van der Waals surface area contributed by atoms with E-state index in [9.17, 15) is 0 Å². The molecule has 0 amide bonds. The van der Waals surface area contributed by atoms with Gasteiger partial charge in [0.15, 0.2) is 7.41 Å². The average Bonchev–Trinajstić information content (AvgIpc) is 2.31. The van der Waals surface area contributed by atoms with Crippen molar-refractivity contribution in [2.45, 2.75) is 37.6 Å². The Morgan fingerprint density at radius 3 is 2.36 bits per heavy atom. The van der Waals surface area contributed by atoms with Crippen LogP contribution in [-0.4, -0.2) is 38.0 Å². The van der Waals surface area contributed by atoms with Crippen LogP contribution in [0.5, 0.6) is 0 Å². The molecule has 3 radical (unpaired) electrons. The summed E-state index contributed by atoms with van der Waals surface area (Å²) >= 11 is 4.46. The average molecular weight is 164 g/mol. The molecule has 1 aliphatic rings. The molecule has 0 saturated carbocycles. The Morgan fingerprint density at radius 1 is 1.45 bits per heavy atom. The Hall–Kier alpha value is 0.505. The second-order valence-corrected chi connectivity index (χ2v) is 3.84. The lowest BCUT2D eigenvalue weighted by molar-refractivity contribution is 0.557. The molecular weight excluding hydrogens is 151 g/mol. The van der Waals surface area contributed by atoms with E-state index in [2.05, 4.69) is 60.1 Å². The van der Waals surface area contributed by atoms with Gasteiger partial charge in [-0.3, -0.25) is 0 Å². The SMILES string of the molecule is C[B]C1[B]N(C(C)C)[B]C1S. The summed E-state index contributed by atoms with van der Waals surface area (Å²) < 4.78 is 2.24. The van der Waals surface area contributed by atoms with E-state index in [0.29, 0.717) is 16.9 Å². The number of thiol groups is 1. The molecule has 0 aromatic heterocycles. The molecule has 0 spiro atoms. The minimum absolute atomic E-state index is 0.377. The number of rotatable bonds is 2. The summed E-state index contributed by atoms with van der Waals surface area (Å²) in [5, 5.41) is 0.377. The van der Waals surface area contributed by atoms with Crippen LogP contribution in [0.3, 0.4) is 0 Å². The van der Waals surface area contributed by atoms with Gasteiger partial charge in [-0.05, 0) is 11.2 Å². The molecule has 1 saturated heterocycles. The van der Waals surface area contributed by atoms with Crippen LogP contribution >= 0.6 is 12.6 Å². The minimum Gasteiger partial charge on any atom is -0.391 e. The molecule has 1 aliphatic heterocycles. The molecular formula is C6H13B3NS. The summed E-state index contributed by atoms with van der Waals surface area (Å²) in [6.45, 7) is 6.46. The zero-order valence-electron chi connectivity index (χ0n) is 7.36. The first-order valence-corrected chi connectivity index (χ1v) is 4.61. The van der Waals surface area contributed by atoms with Crippen LogP contribution in [0, 0.1) is 0 Å². The first-order chi connectivity index (χ1) is 5.15. The van der Waals surface area contributed by atoms with Crippen molar-refractivity contribution in [1.82, 2.24) is 4.72 Å². The van der Waals surface area contributed by atoms with Crippen LogP contribution in [-0.2, 0) is 0 Å². The smallest absolute Gasteiger partial charge is 0.209 e. The summed E-state index contributed by atoms with van der Waals surface area (Å²) in [5.74, 6) is 0. The van der Waals surface area contributed by atoms with E-state index < -0.39 is 0 Å². The van der Waals surface area contributed by atoms with Crippen molar-refractivity contribution in [3.63, 3.8) is 0 Å². The summed E-state index contributed by atoms with van der Waals surface area (Å²) in [4.78, 5) is 0. The standard InChI is InChI=1S/C6H13B3NS/c1-4(2)10-8-5(7-3)6(11)9-10/h4-6,11H,1-3H3. The minimum atomic E-state index is 0.377. The number of hydrogen-bond acceptors (Lipinski definition) is 2. The van der Waals surface area contributed by atoms with Gasteiger partial charge in [0.25, 0.3) is 0 Å². The fraction of sp³-hybridized carbons (Fsp3) is 1.00. The van der Waals surface area contributed by atoms with Crippen LogP contribution < -0.4 is 0 Å². The molecule has 1 heterocycles. The van der Waals surface area contributed by atoms with E-state index in [-0.39, 0.29) is 0 Å². The number of hydrogen-bond donors (Lipinski definition) is 1. The highest BCUT2D eigenvalue weighted by Crippen LogP contribution is 2.23. The fourth-order valence-electron chi connectivity index (χ4n) is 1.24. The van der Waals surface area contributed by atoms with Crippen LogP contribution in [0.25, 0.3) is 0 Å². The van der Waals surface area contributed by atoms with E-state index >= 15 is 0 Å². The predicted octanol–water partition coefficient (Wildman–Crippen LogP) is 0.703. The topological polar surface area (TPSA) is 3.24 Å². The van der Waals surface area contributed by atoms with Crippen molar-refractivity contribution in [2.24, 2.45) is 0 Å². The van der Waals surface area contributed by atoms with E-state index in [1.807, 2.05) is 0 Å². The molecule has 11 heavy (non-hydrogen) atoms. The van der Waals surface area contributed by atoms with Gasteiger partial charge in [0, 0.05) is 0 Å². The molecule has 2 unspecified atom stereocenters. The lowest BCUT2D eigenvalue weighted by Gasteiger charge is -2.19. The van der Waals surface area contributed by atoms with Crippen LogP contribution in [0.1, 0.15) is 13.8 Å². The van der Waals surface area contributed by atoms with Crippen molar-refractivity contribution >= 4 is 34.7 Å². The second-order valence-electron chi connectivity index (χ2n) is 3.24. The normalized spacial score (nSPS) is 31.7. The van der Waals surface area contributed by atoms with Crippen molar-refractivity contribution in [3.05, 3.63) is 0 Å². The molecule has 1 nitrogen and oxygen atoms in total. The van der Waals surface area contributed by atoms with E-state index in [4.69, 9.17) is 0 Å². The van der Waals surface area contributed by atoms with Crippen molar-refractivity contribution < 1.29 is 0 Å². The molecule has 0 aromatic rings. The Morgan fingerprint density at radius 2 is 2.09 bits per heavy atom. The highest BCUT2D eigenvalue weighted by Gasteiger charge is 2.32. The van der Waals surface area contributed by atoms with Crippen molar-refractivity contribution in [3.8, 4) is 0 Å². The first kappa shape index (κ1) is 9.59. The van der Waals surface area contributed by atoms with Crippen LogP contribution in [0.4, 0.5) is 0 Å². The lowest BCUT2D eigenvalue weighted by atomic mass is 9.51. The molecule has 0 aliphatic carbocycles. The maximum Gasteiger partial charge on any atom is 0.209 e. The summed E-state index contributed by atoms with van der Waals surface area (Å²) in [6, 6.07) is 0.564. The molecule has 57 valence electrons.